The molecule has 45 heavy (non-hydrogen) atoms. The van der Waals surface area contributed by atoms with E-state index in [9.17, 15) is 19.8 Å². The van der Waals surface area contributed by atoms with Gasteiger partial charge >= 0.3 is 11.9 Å². The first-order chi connectivity index (χ1) is 21.8. The van der Waals surface area contributed by atoms with Crippen molar-refractivity contribution in [2.75, 3.05) is 13.2 Å². The normalized spacial score (nSPS) is 13.6. The van der Waals surface area contributed by atoms with Crippen molar-refractivity contribution < 1.29 is 29.3 Å². The number of hydrogen-bond acceptors (Lipinski definition) is 6. The minimum Gasteiger partial charge on any atom is -0.463 e. The maximum absolute atomic E-state index is 11.9. The number of allylic oxidation sites excluding steroid dienone is 6. The number of rotatable bonds is 31. The number of carbonyl (C=O) groups excluding carboxylic acids is 2. The molecule has 6 heteroatoms. The minimum atomic E-state index is -1.00. The molecule has 0 aliphatic carbocycles. The van der Waals surface area contributed by atoms with Gasteiger partial charge in [0.25, 0.3) is 0 Å². The molecule has 0 radical (unpaired) electrons. The monoisotopic (exact) mass is 633 g/mol. The average molecular weight is 633 g/mol. The third kappa shape index (κ3) is 34.5. The Bertz CT molecular complexity index is 797. The van der Waals surface area contributed by atoms with Crippen molar-refractivity contribution in [2.24, 2.45) is 5.92 Å². The van der Waals surface area contributed by atoms with E-state index in [1.807, 2.05) is 42.5 Å². The van der Waals surface area contributed by atoms with Crippen molar-refractivity contribution in [1.29, 1.82) is 0 Å². The van der Waals surface area contributed by atoms with Gasteiger partial charge in [-0.15, -0.1) is 0 Å². The van der Waals surface area contributed by atoms with E-state index in [0.717, 1.165) is 44.4 Å². The summed E-state index contributed by atoms with van der Waals surface area (Å²) in [6, 6.07) is 0. The summed E-state index contributed by atoms with van der Waals surface area (Å²) in [4.78, 5) is 23.8. The molecule has 0 saturated carbocycles. The van der Waals surface area contributed by atoms with E-state index < -0.39 is 12.2 Å². The van der Waals surface area contributed by atoms with E-state index in [0.29, 0.717) is 19.3 Å². The van der Waals surface area contributed by atoms with Crippen molar-refractivity contribution in [1.82, 2.24) is 0 Å². The Balaban J connectivity index is 3.63. The van der Waals surface area contributed by atoms with Crippen LogP contribution < -0.4 is 0 Å². The molecule has 0 fully saturated rings. The summed E-state index contributed by atoms with van der Waals surface area (Å²) in [6.45, 7) is 6.46. The molecule has 0 amide bonds. The van der Waals surface area contributed by atoms with Crippen molar-refractivity contribution in [3.63, 3.8) is 0 Å². The molecule has 0 heterocycles. The van der Waals surface area contributed by atoms with Crippen LogP contribution >= 0.6 is 0 Å². The number of esters is 2. The van der Waals surface area contributed by atoms with Crippen LogP contribution in [-0.2, 0) is 19.1 Å². The number of aliphatic hydroxyl groups is 2. The zero-order valence-electron chi connectivity index (χ0n) is 29.1. The van der Waals surface area contributed by atoms with E-state index in [1.54, 1.807) is 0 Å². The van der Waals surface area contributed by atoms with Crippen LogP contribution in [0, 0.1) is 5.92 Å². The fraction of sp³-hybridized carbons (Fsp3) is 0.744. The topological polar surface area (TPSA) is 93.1 Å². The first kappa shape index (κ1) is 42.8. The third-order valence-corrected chi connectivity index (χ3v) is 7.58. The van der Waals surface area contributed by atoms with Gasteiger partial charge in [0.05, 0.1) is 6.10 Å². The Morgan fingerprint density at radius 1 is 0.622 bits per heavy atom. The number of carbonyl (C=O) groups is 2. The predicted octanol–water partition coefficient (Wildman–Crippen LogP) is 9.89. The van der Waals surface area contributed by atoms with Crippen LogP contribution in [0.1, 0.15) is 156 Å². The molecule has 2 N–H and O–H groups in total. The lowest BCUT2D eigenvalue weighted by molar-refractivity contribution is -0.152. The smallest absolute Gasteiger partial charge is 0.305 e. The van der Waals surface area contributed by atoms with Gasteiger partial charge in [0.2, 0.25) is 0 Å². The standard InChI is InChI=1S/C39H68O6/c1-4-5-6-7-13-19-24-29-36(40)30-25-20-15-12-17-22-27-32-39(43)45-34-37(41)33-44-38(42)31-26-21-16-11-9-8-10-14-18-23-28-35(2)3/h12-13,17,19-20,24-25,29,35-37,40-41H,4-11,14-16,18,21-23,26-28,30-34H2,1-3H3/b17-12+,19-13-,25-20-,29-24-/t36-,37+/m1/s1. The van der Waals surface area contributed by atoms with Gasteiger partial charge in [0.1, 0.15) is 19.3 Å². The molecule has 2 atom stereocenters. The van der Waals surface area contributed by atoms with Crippen LogP contribution in [-0.4, -0.2) is 47.6 Å². The highest BCUT2D eigenvalue weighted by atomic mass is 16.6. The second kappa shape index (κ2) is 33.2. The molecule has 0 bridgehead atoms. The van der Waals surface area contributed by atoms with Crippen molar-refractivity contribution in [3.8, 4) is 0 Å². The Kier molecular flexibility index (Phi) is 31.6. The predicted molar refractivity (Wildman–Crippen MR) is 188 cm³/mol. The van der Waals surface area contributed by atoms with Crippen molar-refractivity contribution in [2.45, 2.75) is 168 Å². The molecule has 0 aromatic carbocycles. The molecule has 0 saturated heterocycles. The molecule has 0 spiro atoms. The maximum Gasteiger partial charge on any atom is 0.305 e. The van der Waals surface area contributed by atoms with Gasteiger partial charge in [-0.2, -0.15) is 0 Å². The molecule has 0 aliphatic heterocycles. The molecule has 0 aromatic heterocycles. The second-order valence-electron chi connectivity index (χ2n) is 12.7. The number of aliphatic hydroxyl groups excluding tert-OH is 2. The summed E-state index contributed by atoms with van der Waals surface area (Å²) in [6.07, 6.45) is 36.2. The van der Waals surface area contributed by atoms with Crippen LogP contribution in [0.2, 0.25) is 0 Å². The first-order valence-electron chi connectivity index (χ1n) is 18.2. The molecule has 0 rings (SSSR count). The Hall–Kier alpha value is -2.18. The summed E-state index contributed by atoms with van der Waals surface area (Å²) in [5, 5.41) is 19.9. The largest absolute Gasteiger partial charge is 0.463 e. The minimum absolute atomic E-state index is 0.150. The summed E-state index contributed by atoms with van der Waals surface area (Å²) in [5.74, 6) is 0.148. The van der Waals surface area contributed by atoms with Gasteiger partial charge in [-0.25, -0.2) is 0 Å². The zero-order valence-corrected chi connectivity index (χ0v) is 29.1. The molecular weight excluding hydrogens is 564 g/mol. The van der Waals surface area contributed by atoms with E-state index in [-0.39, 0.29) is 31.6 Å². The van der Waals surface area contributed by atoms with Crippen LogP contribution in [0.5, 0.6) is 0 Å². The van der Waals surface area contributed by atoms with Gasteiger partial charge in [0, 0.05) is 12.8 Å². The summed E-state index contributed by atoms with van der Waals surface area (Å²) in [5.41, 5.74) is 0. The number of hydrogen-bond donors (Lipinski definition) is 2. The van der Waals surface area contributed by atoms with Gasteiger partial charge < -0.3 is 19.7 Å². The van der Waals surface area contributed by atoms with E-state index in [2.05, 4.69) is 26.8 Å². The van der Waals surface area contributed by atoms with Gasteiger partial charge in [-0.3, -0.25) is 9.59 Å². The van der Waals surface area contributed by atoms with Crippen molar-refractivity contribution in [3.05, 3.63) is 48.6 Å². The van der Waals surface area contributed by atoms with Crippen molar-refractivity contribution >= 4 is 11.9 Å². The highest BCUT2D eigenvalue weighted by Crippen LogP contribution is 2.14. The van der Waals surface area contributed by atoms with Crippen LogP contribution in [0.15, 0.2) is 48.6 Å². The Morgan fingerprint density at radius 2 is 1.18 bits per heavy atom. The van der Waals surface area contributed by atoms with Crippen LogP contribution in [0.3, 0.4) is 0 Å². The molecule has 0 aromatic rings. The van der Waals surface area contributed by atoms with E-state index >= 15 is 0 Å². The molecule has 6 nitrogen and oxygen atoms in total. The zero-order chi connectivity index (χ0) is 33.2. The maximum atomic E-state index is 11.9. The average Bonchev–Trinajstić information content (AvgIpc) is 3.01. The first-order valence-corrected chi connectivity index (χ1v) is 18.2. The van der Waals surface area contributed by atoms with Gasteiger partial charge in [0.15, 0.2) is 0 Å². The lowest BCUT2D eigenvalue weighted by Gasteiger charge is -2.12. The molecular formula is C39H68O6. The number of ether oxygens (including phenoxy) is 2. The van der Waals surface area contributed by atoms with E-state index in [4.69, 9.17) is 9.47 Å². The molecule has 260 valence electrons. The fourth-order valence-corrected chi connectivity index (χ4v) is 4.75. The summed E-state index contributed by atoms with van der Waals surface area (Å²) >= 11 is 0. The fourth-order valence-electron chi connectivity index (χ4n) is 4.75. The quantitative estimate of drug-likeness (QED) is 0.0342. The highest BCUT2D eigenvalue weighted by Gasteiger charge is 2.12. The Morgan fingerprint density at radius 3 is 1.80 bits per heavy atom. The number of unbranched alkanes of at least 4 members (excludes halogenated alkanes) is 13. The van der Waals surface area contributed by atoms with E-state index in [1.165, 1.54) is 70.6 Å². The summed E-state index contributed by atoms with van der Waals surface area (Å²) in [7, 11) is 0. The Labute approximate surface area is 276 Å². The van der Waals surface area contributed by atoms with Gasteiger partial charge in [-0.05, 0) is 50.9 Å². The highest BCUT2D eigenvalue weighted by molar-refractivity contribution is 5.69. The SMILES string of the molecule is CCCCC/C=C\C=C/[C@@H](O)C/C=C\C/C=C/CCCC(=O)OC[C@@H](O)COC(=O)CCCCCCCCCCCCC(C)C. The second-order valence-corrected chi connectivity index (χ2v) is 12.7. The van der Waals surface area contributed by atoms with Gasteiger partial charge in [-0.1, -0.05) is 146 Å². The lowest BCUT2D eigenvalue weighted by atomic mass is 10.0. The third-order valence-electron chi connectivity index (χ3n) is 7.58. The molecule has 0 aliphatic rings. The molecule has 0 unspecified atom stereocenters. The van der Waals surface area contributed by atoms with Crippen LogP contribution in [0.4, 0.5) is 0 Å². The van der Waals surface area contributed by atoms with Crippen LogP contribution in [0.25, 0.3) is 0 Å². The summed E-state index contributed by atoms with van der Waals surface area (Å²) < 4.78 is 10.2. The lowest BCUT2D eigenvalue weighted by Crippen LogP contribution is -2.25.